The summed E-state index contributed by atoms with van der Waals surface area (Å²) in [5.41, 5.74) is -0.399. The summed E-state index contributed by atoms with van der Waals surface area (Å²) in [5.74, 6) is 0.749. The minimum atomic E-state index is -0.701. The lowest BCUT2D eigenvalue weighted by Crippen LogP contribution is -2.39. The molecule has 5 unspecified atom stereocenters. The van der Waals surface area contributed by atoms with E-state index in [2.05, 4.69) is 20.4 Å². The topological polar surface area (TPSA) is 46.7 Å². The lowest BCUT2D eigenvalue weighted by molar-refractivity contribution is -0.124. The number of carbonyl (C=O) groups is 2. The maximum atomic E-state index is 12.1. The fourth-order valence-electron chi connectivity index (χ4n) is 5.33. The monoisotopic (exact) mass is 246 g/mol. The third-order valence-corrected chi connectivity index (χ3v) is 5.92. The molecule has 96 valence electrons. The Hall–Kier alpha value is -0.960. The van der Waals surface area contributed by atoms with E-state index >= 15 is 0 Å². The van der Waals surface area contributed by atoms with E-state index in [1.54, 1.807) is 0 Å². The van der Waals surface area contributed by atoms with E-state index in [1.165, 1.54) is 0 Å². The molecule has 18 heavy (non-hydrogen) atoms. The average Bonchev–Trinajstić information content (AvgIpc) is 2.79. The van der Waals surface area contributed by atoms with Crippen molar-refractivity contribution < 1.29 is 14.3 Å². The quantitative estimate of drug-likeness (QED) is 0.403. The molecule has 0 amide bonds. The van der Waals surface area contributed by atoms with Crippen molar-refractivity contribution in [2.75, 3.05) is 0 Å². The highest BCUT2D eigenvalue weighted by Crippen LogP contribution is 2.76. The number of hydrogen-bond donors (Lipinski definition) is 0. The number of rotatable bonds is 1. The number of fused-ring (bicyclic) bond motifs is 2. The average molecular weight is 246 g/mol. The van der Waals surface area contributed by atoms with Crippen molar-refractivity contribution in [3.05, 3.63) is 12.2 Å². The molecule has 1 saturated heterocycles. The zero-order valence-corrected chi connectivity index (χ0v) is 10.9. The van der Waals surface area contributed by atoms with Crippen molar-refractivity contribution in [1.29, 1.82) is 0 Å². The van der Waals surface area contributed by atoms with Gasteiger partial charge in [-0.25, -0.2) is 0 Å². The number of Topliss-reactive ketones (excluding diaryl/α,β-unsaturated/α-hetero) is 1. The van der Waals surface area contributed by atoms with E-state index in [4.69, 9.17) is 4.74 Å². The summed E-state index contributed by atoms with van der Waals surface area (Å²) in [6, 6.07) is 0. The summed E-state index contributed by atoms with van der Waals surface area (Å²) in [5, 5.41) is 0. The second-order valence-electron chi connectivity index (χ2n) is 7.36. The molecule has 1 spiro atoms. The van der Waals surface area contributed by atoms with E-state index in [-0.39, 0.29) is 23.2 Å². The number of carbonyl (C=O) groups excluding carboxylic acids is 2. The first-order valence-corrected chi connectivity index (χ1v) is 6.76. The maximum Gasteiger partial charge on any atom is 0.191 e. The number of aldehydes is 1. The van der Waals surface area contributed by atoms with Crippen LogP contribution in [0.15, 0.2) is 12.2 Å². The fourth-order valence-corrected chi connectivity index (χ4v) is 5.33. The molecule has 0 N–H and O–H groups in total. The largest absolute Gasteiger partial charge is 0.356 e. The first-order valence-electron chi connectivity index (χ1n) is 6.76. The fraction of sp³-hybridized carbons (Fsp3) is 0.733. The van der Waals surface area contributed by atoms with Gasteiger partial charge in [0.1, 0.15) is 11.9 Å². The minimum Gasteiger partial charge on any atom is -0.356 e. The van der Waals surface area contributed by atoms with Crippen LogP contribution in [0, 0.1) is 22.7 Å². The van der Waals surface area contributed by atoms with E-state index in [0.29, 0.717) is 11.5 Å². The van der Waals surface area contributed by atoms with Crippen molar-refractivity contribution in [3.8, 4) is 0 Å². The normalized spacial score (nSPS) is 55.1. The van der Waals surface area contributed by atoms with Crippen molar-refractivity contribution in [2.24, 2.45) is 22.7 Å². The van der Waals surface area contributed by atoms with Gasteiger partial charge in [0.15, 0.2) is 11.9 Å². The lowest BCUT2D eigenvalue weighted by Gasteiger charge is -2.32. The van der Waals surface area contributed by atoms with Crippen LogP contribution in [0.2, 0.25) is 0 Å². The molecular formula is C15H18O3. The molecule has 0 aromatic heterocycles. The number of ketones is 1. The second-order valence-corrected chi connectivity index (χ2v) is 7.36. The van der Waals surface area contributed by atoms with Gasteiger partial charge in [0.25, 0.3) is 0 Å². The summed E-state index contributed by atoms with van der Waals surface area (Å²) in [6.07, 6.45) is 3.64. The van der Waals surface area contributed by atoms with Crippen molar-refractivity contribution in [1.82, 2.24) is 0 Å². The van der Waals surface area contributed by atoms with Gasteiger partial charge < -0.3 is 9.53 Å². The van der Waals surface area contributed by atoms with Crippen molar-refractivity contribution >= 4 is 12.1 Å². The van der Waals surface area contributed by atoms with Gasteiger partial charge in [0, 0.05) is 5.57 Å². The molecule has 3 aliphatic carbocycles. The zero-order chi connectivity index (χ0) is 12.9. The van der Waals surface area contributed by atoms with Gasteiger partial charge in [-0.05, 0) is 36.5 Å². The summed E-state index contributed by atoms with van der Waals surface area (Å²) in [4.78, 5) is 23.9. The molecule has 0 bridgehead atoms. The number of ether oxygens (including phenoxy) is 1. The summed E-state index contributed by atoms with van der Waals surface area (Å²) < 4.78 is 5.70. The van der Waals surface area contributed by atoms with Gasteiger partial charge in [0.05, 0.1) is 5.41 Å². The van der Waals surface area contributed by atoms with Gasteiger partial charge in [0.2, 0.25) is 0 Å². The van der Waals surface area contributed by atoms with Gasteiger partial charge in [-0.2, -0.15) is 0 Å². The Morgan fingerprint density at radius 2 is 2.06 bits per heavy atom. The summed E-state index contributed by atoms with van der Waals surface area (Å²) in [7, 11) is 0. The molecule has 3 saturated carbocycles. The number of epoxide rings is 1. The standard InChI is InChI=1S/C15H18O3/c1-8-11(17)12-15(18-12)5-9-4-13(2,3)6-10(9)14(8,15)7-16/h7,9-10,12H,1,4-6H2,2-3H3. The van der Waals surface area contributed by atoms with Crippen LogP contribution in [0.25, 0.3) is 0 Å². The molecule has 3 nitrogen and oxygen atoms in total. The Kier molecular flexibility index (Phi) is 1.60. The molecule has 0 radical (unpaired) electrons. The molecule has 3 heteroatoms. The highest BCUT2D eigenvalue weighted by molar-refractivity contribution is 6.11. The maximum absolute atomic E-state index is 12.1. The Labute approximate surface area is 107 Å². The van der Waals surface area contributed by atoms with Crippen LogP contribution >= 0.6 is 0 Å². The van der Waals surface area contributed by atoms with Crippen LogP contribution in [0.4, 0.5) is 0 Å². The summed E-state index contributed by atoms with van der Waals surface area (Å²) >= 11 is 0. The minimum absolute atomic E-state index is 0.0229. The lowest BCUT2D eigenvalue weighted by atomic mass is 9.69. The van der Waals surface area contributed by atoms with Gasteiger partial charge >= 0.3 is 0 Å². The third-order valence-electron chi connectivity index (χ3n) is 5.92. The molecular weight excluding hydrogens is 228 g/mol. The van der Waals surface area contributed by atoms with Gasteiger partial charge in [-0.1, -0.05) is 20.4 Å². The smallest absolute Gasteiger partial charge is 0.191 e. The molecule has 4 fully saturated rings. The SMILES string of the molecule is C=C1C(=O)C2OC23CC2CC(C)(C)CC2C13C=O. The van der Waals surface area contributed by atoms with E-state index in [9.17, 15) is 9.59 Å². The third kappa shape index (κ3) is 0.851. The summed E-state index contributed by atoms with van der Waals surface area (Å²) in [6.45, 7) is 8.45. The van der Waals surface area contributed by atoms with Crippen LogP contribution < -0.4 is 0 Å². The Bertz CT molecular complexity index is 506. The molecule has 1 aliphatic heterocycles. The zero-order valence-electron chi connectivity index (χ0n) is 10.9. The predicted octanol–water partition coefficient (Wildman–Crippen LogP) is 1.90. The van der Waals surface area contributed by atoms with Crippen LogP contribution in [-0.2, 0) is 14.3 Å². The molecule has 0 aromatic rings. The second kappa shape index (κ2) is 2.64. The Morgan fingerprint density at radius 1 is 1.33 bits per heavy atom. The Morgan fingerprint density at radius 3 is 2.72 bits per heavy atom. The number of hydrogen-bond acceptors (Lipinski definition) is 3. The van der Waals surface area contributed by atoms with Crippen LogP contribution in [-0.4, -0.2) is 23.8 Å². The molecule has 1 heterocycles. The van der Waals surface area contributed by atoms with E-state index < -0.39 is 11.0 Å². The van der Waals surface area contributed by atoms with Gasteiger partial charge in [-0.3, -0.25) is 4.79 Å². The van der Waals surface area contributed by atoms with E-state index in [1.807, 2.05) is 0 Å². The molecule has 5 atom stereocenters. The predicted molar refractivity (Wildman–Crippen MR) is 64.9 cm³/mol. The van der Waals surface area contributed by atoms with Crippen molar-refractivity contribution in [3.63, 3.8) is 0 Å². The van der Waals surface area contributed by atoms with Crippen LogP contribution in [0.3, 0.4) is 0 Å². The highest BCUT2D eigenvalue weighted by Gasteiger charge is 2.85. The Balaban J connectivity index is 1.87. The first-order chi connectivity index (χ1) is 8.38. The van der Waals surface area contributed by atoms with Gasteiger partial charge in [-0.15, -0.1) is 0 Å². The highest BCUT2D eigenvalue weighted by atomic mass is 16.6. The first kappa shape index (κ1) is 10.9. The molecule has 4 rings (SSSR count). The van der Waals surface area contributed by atoms with Crippen LogP contribution in [0.5, 0.6) is 0 Å². The van der Waals surface area contributed by atoms with Crippen LogP contribution in [0.1, 0.15) is 33.1 Å². The molecule has 0 aromatic carbocycles. The van der Waals surface area contributed by atoms with E-state index in [0.717, 1.165) is 25.5 Å². The molecule has 4 aliphatic rings. The van der Waals surface area contributed by atoms with Crippen molar-refractivity contribution in [2.45, 2.75) is 44.8 Å².